The van der Waals surface area contributed by atoms with Gasteiger partial charge in [0.25, 0.3) is 5.56 Å². The molecule has 0 aliphatic rings. The van der Waals surface area contributed by atoms with Gasteiger partial charge in [-0.15, -0.1) is 6.58 Å². The number of para-hydroxylation sites is 1. The van der Waals surface area contributed by atoms with Crippen LogP contribution in [0.3, 0.4) is 0 Å². The van der Waals surface area contributed by atoms with E-state index in [1.807, 2.05) is 12.1 Å². The van der Waals surface area contributed by atoms with E-state index in [2.05, 4.69) is 16.9 Å². The first kappa shape index (κ1) is 21.9. The van der Waals surface area contributed by atoms with E-state index < -0.39 is 0 Å². The molecule has 1 amide bonds. The van der Waals surface area contributed by atoms with Crippen LogP contribution in [0.1, 0.15) is 0 Å². The number of amides is 1. The molecule has 7 nitrogen and oxygen atoms in total. The fourth-order valence-corrected chi connectivity index (χ4v) is 4.48. The number of allylic oxidation sites excluding steroid dienone is 1. The highest BCUT2D eigenvalue weighted by Crippen LogP contribution is 2.29. The first-order valence-electron chi connectivity index (χ1n) is 9.48. The van der Waals surface area contributed by atoms with Gasteiger partial charge in [-0.05, 0) is 48.6 Å². The van der Waals surface area contributed by atoms with Crippen LogP contribution in [0, 0.1) is 3.95 Å². The predicted octanol–water partition coefficient (Wildman–Crippen LogP) is 5.26. The standard InChI is InChI=1S/C22H17ClN4O3S2/c1-2-11-27-20-19(32-22(27)31)21(29)26(13-24-20)12-18(28)25-14-7-9-15(10-8-14)30-17-6-4-3-5-16(17)23/h2-10,13H,1,11-12H2,(H,25,28). The average Bonchev–Trinajstić information content (AvgIpc) is 3.09. The van der Waals surface area contributed by atoms with Crippen molar-refractivity contribution in [2.24, 2.45) is 0 Å². The number of anilines is 1. The molecule has 0 saturated carbocycles. The molecule has 32 heavy (non-hydrogen) atoms. The van der Waals surface area contributed by atoms with Crippen LogP contribution in [0.25, 0.3) is 10.3 Å². The van der Waals surface area contributed by atoms with Gasteiger partial charge >= 0.3 is 0 Å². The maximum atomic E-state index is 12.8. The van der Waals surface area contributed by atoms with E-state index >= 15 is 0 Å². The molecule has 0 atom stereocenters. The zero-order chi connectivity index (χ0) is 22.7. The Hall–Kier alpha value is -3.27. The maximum absolute atomic E-state index is 12.8. The summed E-state index contributed by atoms with van der Waals surface area (Å²) in [6.07, 6.45) is 3.04. The van der Waals surface area contributed by atoms with Gasteiger partial charge in [0.15, 0.2) is 9.60 Å². The molecule has 0 fully saturated rings. The van der Waals surface area contributed by atoms with Gasteiger partial charge in [-0.1, -0.05) is 41.1 Å². The first-order valence-corrected chi connectivity index (χ1v) is 11.1. The highest BCUT2D eigenvalue weighted by Gasteiger charge is 2.13. The Morgan fingerprint density at radius 1 is 1.25 bits per heavy atom. The number of nitrogens with zero attached hydrogens (tertiary/aromatic N) is 3. The maximum Gasteiger partial charge on any atom is 0.273 e. The molecule has 2 heterocycles. The fourth-order valence-electron chi connectivity index (χ4n) is 2.99. The third-order valence-corrected chi connectivity index (χ3v) is 6.21. The summed E-state index contributed by atoms with van der Waals surface area (Å²) < 4.78 is 9.68. The summed E-state index contributed by atoms with van der Waals surface area (Å²) in [6, 6.07) is 14.0. The molecule has 0 radical (unpaired) electrons. The topological polar surface area (TPSA) is 78.2 Å². The zero-order valence-corrected chi connectivity index (χ0v) is 19.0. The lowest BCUT2D eigenvalue weighted by Crippen LogP contribution is -2.27. The summed E-state index contributed by atoms with van der Waals surface area (Å²) in [5, 5.41) is 3.27. The number of fused-ring (bicyclic) bond motifs is 1. The molecule has 162 valence electrons. The minimum absolute atomic E-state index is 0.175. The van der Waals surface area contributed by atoms with Crippen LogP contribution in [0.4, 0.5) is 5.69 Å². The number of carbonyl (C=O) groups excluding carboxylic acids is 1. The number of halogens is 1. The molecule has 0 saturated heterocycles. The van der Waals surface area contributed by atoms with Crippen LogP contribution in [-0.2, 0) is 17.9 Å². The van der Waals surface area contributed by atoms with E-state index in [-0.39, 0.29) is 18.0 Å². The highest BCUT2D eigenvalue weighted by atomic mass is 35.5. The van der Waals surface area contributed by atoms with Crippen molar-refractivity contribution >= 4 is 57.1 Å². The molecule has 0 aliphatic carbocycles. The normalized spacial score (nSPS) is 10.8. The number of rotatable bonds is 7. The van der Waals surface area contributed by atoms with Crippen molar-refractivity contribution in [2.45, 2.75) is 13.1 Å². The van der Waals surface area contributed by atoms with Crippen molar-refractivity contribution in [1.29, 1.82) is 0 Å². The third kappa shape index (κ3) is 4.64. The molecule has 10 heteroatoms. The summed E-state index contributed by atoms with van der Waals surface area (Å²) in [5.41, 5.74) is 0.750. The van der Waals surface area contributed by atoms with Crippen molar-refractivity contribution in [3.05, 3.63) is 86.8 Å². The van der Waals surface area contributed by atoms with Gasteiger partial charge in [0.1, 0.15) is 29.1 Å². The van der Waals surface area contributed by atoms with Gasteiger partial charge in [-0.3, -0.25) is 14.2 Å². The molecule has 4 aromatic rings. The number of aromatic nitrogens is 3. The van der Waals surface area contributed by atoms with Gasteiger partial charge in [0.2, 0.25) is 5.91 Å². The molecule has 4 rings (SSSR count). The van der Waals surface area contributed by atoms with Gasteiger partial charge < -0.3 is 14.6 Å². The number of carbonyl (C=O) groups is 1. The monoisotopic (exact) mass is 484 g/mol. The molecule has 2 aromatic heterocycles. The van der Waals surface area contributed by atoms with Crippen LogP contribution in [0.15, 0.2) is 72.3 Å². The minimum atomic E-state index is -0.359. The average molecular weight is 485 g/mol. The number of thiazole rings is 1. The summed E-state index contributed by atoms with van der Waals surface area (Å²) in [4.78, 5) is 29.6. The first-order chi connectivity index (χ1) is 15.5. The number of hydrogen-bond acceptors (Lipinski definition) is 6. The van der Waals surface area contributed by atoms with Crippen LogP contribution in [0.5, 0.6) is 11.5 Å². The predicted molar refractivity (Wildman–Crippen MR) is 129 cm³/mol. The Kier molecular flexibility index (Phi) is 6.50. The molecule has 0 aliphatic heterocycles. The second kappa shape index (κ2) is 9.47. The summed E-state index contributed by atoms with van der Waals surface area (Å²) in [7, 11) is 0. The van der Waals surface area contributed by atoms with Gasteiger partial charge in [-0.25, -0.2) is 4.98 Å². The lowest BCUT2D eigenvalue weighted by atomic mass is 10.3. The molecular formula is C22H17ClN4O3S2. The van der Waals surface area contributed by atoms with Crippen molar-refractivity contribution < 1.29 is 9.53 Å². The second-order valence-electron chi connectivity index (χ2n) is 6.70. The van der Waals surface area contributed by atoms with Crippen molar-refractivity contribution in [3.63, 3.8) is 0 Å². The van der Waals surface area contributed by atoms with E-state index in [0.29, 0.717) is 43.1 Å². The molecule has 1 N–H and O–H groups in total. The number of ether oxygens (including phenoxy) is 1. The van der Waals surface area contributed by atoms with Crippen molar-refractivity contribution in [2.75, 3.05) is 5.32 Å². The lowest BCUT2D eigenvalue weighted by molar-refractivity contribution is -0.116. The summed E-state index contributed by atoms with van der Waals surface area (Å²) in [6.45, 7) is 3.98. The smallest absolute Gasteiger partial charge is 0.273 e. The fraction of sp³-hybridized carbons (Fsp3) is 0.0909. The molecular weight excluding hydrogens is 468 g/mol. The molecule has 0 bridgehead atoms. The number of benzene rings is 2. The molecule has 0 unspecified atom stereocenters. The second-order valence-corrected chi connectivity index (χ2v) is 8.75. The number of hydrogen-bond donors (Lipinski definition) is 1. The van der Waals surface area contributed by atoms with Crippen molar-refractivity contribution in [3.8, 4) is 11.5 Å². The highest BCUT2D eigenvalue weighted by molar-refractivity contribution is 7.73. The quantitative estimate of drug-likeness (QED) is 0.286. The van der Waals surface area contributed by atoms with Crippen LogP contribution >= 0.6 is 35.2 Å². The summed E-state index contributed by atoms with van der Waals surface area (Å²) in [5.74, 6) is 0.757. The minimum Gasteiger partial charge on any atom is -0.456 e. The van der Waals surface area contributed by atoms with E-state index in [1.54, 1.807) is 47.0 Å². The van der Waals surface area contributed by atoms with Gasteiger partial charge in [0.05, 0.1) is 5.02 Å². The van der Waals surface area contributed by atoms with Gasteiger partial charge in [0, 0.05) is 12.2 Å². The van der Waals surface area contributed by atoms with E-state index in [1.165, 1.54) is 22.2 Å². The third-order valence-electron chi connectivity index (χ3n) is 4.47. The van der Waals surface area contributed by atoms with E-state index in [4.69, 9.17) is 28.6 Å². The Bertz CT molecular complexity index is 1420. The Morgan fingerprint density at radius 3 is 2.72 bits per heavy atom. The Balaban J connectivity index is 1.46. The molecule has 0 spiro atoms. The zero-order valence-electron chi connectivity index (χ0n) is 16.7. The van der Waals surface area contributed by atoms with E-state index in [9.17, 15) is 9.59 Å². The largest absolute Gasteiger partial charge is 0.456 e. The summed E-state index contributed by atoms with van der Waals surface area (Å²) >= 11 is 12.6. The van der Waals surface area contributed by atoms with E-state index in [0.717, 1.165) is 0 Å². The van der Waals surface area contributed by atoms with Crippen molar-refractivity contribution in [1.82, 2.24) is 14.1 Å². The van der Waals surface area contributed by atoms with Crippen LogP contribution in [-0.4, -0.2) is 20.0 Å². The van der Waals surface area contributed by atoms with Gasteiger partial charge in [-0.2, -0.15) is 0 Å². The Morgan fingerprint density at radius 2 is 2.00 bits per heavy atom. The Labute approximate surface area is 197 Å². The molecule has 2 aromatic carbocycles. The SMILES string of the molecule is C=CCn1c(=S)sc2c(=O)n(CC(=O)Nc3ccc(Oc4ccccc4Cl)cc3)cnc21. The number of nitrogens with one attached hydrogen (secondary N) is 1. The van der Waals surface area contributed by atoms with Crippen LogP contribution in [0.2, 0.25) is 5.02 Å². The lowest BCUT2D eigenvalue weighted by Gasteiger charge is -2.10. The van der Waals surface area contributed by atoms with Crippen LogP contribution < -0.4 is 15.6 Å².